The van der Waals surface area contributed by atoms with E-state index in [-0.39, 0.29) is 5.91 Å². The van der Waals surface area contributed by atoms with Gasteiger partial charge in [0.05, 0.1) is 22.3 Å². The normalized spacial score (nSPS) is 22.8. The summed E-state index contributed by atoms with van der Waals surface area (Å²) in [6.45, 7) is 4.05. The van der Waals surface area contributed by atoms with Gasteiger partial charge in [0.1, 0.15) is 0 Å². The highest BCUT2D eigenvalue weighted by atomic mass is 32.2. The topological polar surface area (TPSA) is 58.8 Å². The first-order valence-corrected chi connectivity index (χ1v) is 9.97. The Kier molecular flexibility index (Phi) is 4.22. The molecule has 5 nitrogen and oxygen atoms in total. The molecule has 1 aliphatic carbocycles. The lowest BCUT2D eigenvalue weighted by molar-refractivity contribution is -0.115. The Morgan fingerprint density at radius 3 is 2.92 bits per heavy atom. The Morgan fingerprint density at radius 1 is 1.33 bits per heavy atom. The number of aryl methyl sites for hydroxylation is 2. The molecule has 0 bridgehead atoms. The number of carbonyl (C=O) groups excluding carboxylic acids is 1. The molecule has 1 saturated carbocycles. The van der Waals surface area contributed by atoms with Crippen LogP contribution in [0, 0.1) is 13.8 Å². The third-order valence-corrected chi connectivity index (χ3v) is 6.28. The van der Waals surface area contributed by atoms with Gasteiger partial charge >= 0.3 is 0 Å². The molecule has 2 aromatic heterocycles. The van der Waals surface area contributed by atoms with Gasteiger partial charge in [0.2, 0.25) is 0 Å². The van der Waals surface area contributed by atoms with E-state index in [1.165, 1.54) is 35.9 Å². The third-order valence-electron chi connectivity index (χ3n) is 4.46. The van der Waals surface area contributed by atoms with Crippen molar-refractivity contribution in [1.29, 1.82) is 0 Å². The Balaban J connectivity index is 1.61. The second kappa shape index (κ2) is 6.37. The molecule has 126 valence electrons. The van der Waals surface area contributed by atoms with Crippen molar-refractivity contribution in [3.63, 3.8) is 0 Å². The van der Waals surface area contributed by atoms with Crippen LogP contribution in [-0.2, 0) is 4.79 Å². The molecular weight excluding hydrogens is 340 g/mol. The van der Waals surface area contributed by atoms with Gasteiger partial charge in [-0.3, -0.25) is 14.2 Å². The van der Waals surface area contributed by atoms with Crippen LogP contribution in [0.3, 0.4) is 0 Å². The number of amides is 1. The van der Waals surface area contributed by atoms with Crippen molar-refractivity contribution in [2.45, 2.75) is 52.0 Å². The van der Waals surface area contributed by atoms with Crippen molar-refractivity contribution in [2.24, 2.45) is 4.99 Å². The van der Waals surface area contributed by atoms with Crippen molar-refractivity contribution >= 4 is 45.2 Å². The standard InChI is InChI=1S/C17H20N4OS2/c1-10-9-21-13(11(2)18-17(21)23-10)8-14-15(22)20-16(24-14)19-12-6-4-3-5-7-12/h8-9,12H,3-7H2,1-2H3,(H,19,20,22)/b14-8-. The summed E-state index contributed by atoms with van der Waals surface area (Å²) in [5.41, 5.74) is 1.92. The van der Waals surface area contributed by atoms with Crippen LogP contribution >= 0.6 is 23.1 Å². The lowest BCUT2D eigenvalue weighted by Gasteiger charge is -2.17. The van der Waals surface area contributed by atoms with Crippen LogP contribution in [0.1, 0.15) is 48.4 Å². The smallest absolute Gasteiger partial charge is 0.264 e. The molecule has 0 unspecified atom stereocenters. The molecule has 0 atom stereocenters. The molecule has 7 heteroatoms. The number of carbonyl (C=O) groups is 1. The monoisotopic (exact) mass is 360 g/mol. The first kappa shape index (κ1) is 15.9. The van der Waals surface area contributed by atoms with Crippen molar-refractivity contribution in [3.8, 4) is 0 Å². The van der Waals surface area contributed by atoms with E-state index in [1.54, 1.807) is 11.3 Å². The number of thioether (sulfide) groups is 1. The molecule has 0 aromatic carbocycles. The number of nitrogens with one attached hydrogen (secondary N) is 1. The number of rotatable bonds is 2. The SMILES string of the molecule is Cc1cn2c(/C=C3\SC(=NC4CCCCC4)NC3=O)c(C)nc2s1. The van der Waals surface area contributed by atoms with Crippen molar-refractivity contribution in [2.75, 3.05) is 0 Å². The lowest BCUT2D eigenvalue weighted by Crippen LogP contribution is -2.22. The molecule has 0 radical (unpaired) electrons. The first-order valence-electron chi connectivity index (χ1n) is 8.34. The van der Waals surface area contributed by atoms with Crippen LogP contribution in [0.4, 0.5) is 0 Å². The maximum Gasteiger partial charge on any atom is 0.264 e. The number of nitrogens with zero attached hydrogens (tertiary/aromatic N) is 3. The Morgan fingerprint density at radius 2 is 2.12 bits per heavy atom. The maximum absolute atomic E-state index is 12.3. The predicted molar refractivity (Wildman–Crippen MR) is 101 cm³/mol. The van der Waals surface area contributed by atoms with E-state index in [0.29, 0.717) is 10.9 Å². The van der Waals surface area contributed by atoms with E-state index in [9.17, 15) is 4.79 Å². The molecule has 4 rings (SSSR count). The summed E-state index contributed by atoms with van der Waals surface area (Å²) in [7, 11) is 0. The summed E-state index contributed by atoms with van der Waals surface area (Å²) in [6.07, 6.45) is 10.1. The molecule has 2 aliphatic rings. The van der Waals surface area contributed by atoms with E-state index in [2.05, 4.69) is 27.8 Å². The minimum atomic E-state index is -0.0594. The Labute approximate surface area is 149 Å². The van der Waals surface area contributed by atoms with Crippen molar-refractivity contribution < 1.29 is 4.79 Å². The van der Waals surface area contributed by atoms with Crippen LogP contribution in [0.15, 0.2) is 16.1 Å². The molecule has 2 aromatic rings. The molecular formula is C17H20N4OS2. The van der Waals surface area contributed by atoms with E-state index in [0.717, 1.165) is 34.4 Å². The number of imidazole rings is 1. The maximum atomic E-state index is 12.3. The number of amidine groups is 1. The number of fused-ring (bicyclic) bond motifs is 1. The lowest BCUT2D eigenvalue weighted by atomic mass is 9.96. The minimum absolute atomic E-state index is 0.0594. The quantitative estimate of drug-likeness (QED) is 0.826. The second-order valence-corrected chi connectivity index (χ2v) is 8.61. The fraction of sp³-hybridized carbons (Fsp3) is 0.471. The van der Waals surface area contributed by atoms with Gasteiger partial charge in [-0.2, -0.15) is 0 Å². The van der Waals surface area contributed by atoms with Gasteiger partial charge in [-0.1, -0.05) is 19.3 Å². The van der Waals surface area contributed by atoms with Crippen LogP contribution in [0.25, 0.3) is 11.0 Å². The van der Waals surface area contributed by atoms with Gasteiger partial charge < -0.3 is 5.32 Å². The van der Waals surface area contributed by atoms with Crippen molar-refractivity contribution in [1.82, 2.24) is 14.7 Å². The highest BCUT2D eigenvalue weighted by molar-refractivity contribution is 8.18. The van der Waals surface area contributed by atoms with Gasteiger partial charge in [-0.15, -0.1) is 11.3 Å². The van der Waals surface area contributed by atoms with Crippen LogP contribution in [0.2, 0.25) is 0 Å². The summed E-state index contributed by atoms with van der Waals surface area (Å²) in [4.78, 5) is 24.5. The Hall–Kier alpha value is -1.60. The molecule has 1 aliphatic heterocycles. The van der Waals surface area contributed by atoms with Gasteiger partial charge in [0.25, 0.3) is 5.91 Å². The van der Waals surface area contributed by atoms with Crippen LogP contribution in [0.5, 0.6) is 0 Å². The molecule has 0 spiro atoms. The summed E-state index contributed by atoms with van der Waals surface area (Å²) in [5.74, 6) is -0.0594. The van der Waals surface area contributed by atoms with E-state index < -0.39 is 0 Å². The minimum Gasteiger partial charge on any atom is -0.301 e. The van der Waals surface area contributed by atoms with Gasteiger partial charge in [0.15, 0.2) is 10.1 Å². The number of hydrogen-bond donors (Lipinski definition) is 1. The second-order valence-electron chi connectivity index (χ2n) is 6.37. The summed E-state index contributed by atoms with van der Waals surface area (Å²) in [6, 6.07) is 0.365. The molecule has 24 heavy (non-hydrogen) atoms. The first-order chi connectivity index (χ1) is 11.6. The van der Waals surface area contributed by atoms with Crippen LogP contribution in [-0.4, -0.2) is 26.5 Å². The van der Waals surface area contributed by atoms with Gasteiger partial charge in [-0.05, 0) is 44.5 Å². The summed E-state index contributed by atoms with van der Waals surface area (Å²) >= 11 is 3.11. The average molecular weight is 361 g/mol. The largest absolute Gasteiger partial charge is 0.301 e. The molecule has 1 N–H and O–H groups in total. The zero-order valence-electron chi connectivity index (χ0n) is 13.8. The van der Waals surface area contributed by atoms with Gasteiger partial charge in [0, 0.05) is 11.1 Å². The average Bonchev–Trinajstić information content (AvgIpc) is 3.16. The number of thiazole rings is 1. The van der Waals surface area contributed by atoms with E-state index >= 15 is 0 Å². The number of aromatic nitrogens is 2. The summed E-state index contributed by atoms with van der Waals surface area (Å²) in [5, 5.41) is 3.66. The van der Waals surface area contributed by atoms with Crippen molar-refractivity contribution in [3.05, 3.63) is 27.4 Å². The van der Waals surface area contributed by atoms with Crippen LogP contribution < -0.4 is 5.32 Å². The fourth-order valence-electron chi connectivity index (χ4n) is 3.24. The zero-order valence-corrected chi connectivity index (χ0v) is 15.5. The predicted octanol–water partition coefficient (Wildman–Crippen LogP) is 3.91. The number of hydrogen-bond acceptors (Lipinski definition) is 5. The third kappa shape index (κ3) is 3.02. The molecule has 1 amide bonds. The molecule has 3 heterocycles. The highest BCUT2D eigenvalue weighted by Gasteiger charge is 2.26. The number of aliphatic imine (C=N–C) groups is 1. The highest BCUT2D eigenvalue weighted by Crippen LogP contribution is 2.30. The fourth-order valence-corrected chi connectivity index (χ4v) is 4.99. The Bertz CT molecular complexity index is 855. The molecule has 1 saturated heterocycles. The summed E-state index contributed by atoms with van der Waals surface area (Å²) < 4.78 is 2.06. The van der Waals surface area contributed by atoms with Gasteiger partial charge in [-0.25, -0.2) is 4.98 Å². The molecule has 2 fully saturated rings. The van der Waals surface area contributed by atoms with E-state index in [4.69, 9.17) is 4.99 Å². The zero-order chi connectivity index (χ0) is 16.7. The van der Waals surface area contributed by atoms with E-state index in [1.807, 2.05) is 13.0 Å².